The summed E-state index contributed by atoms with van der Waals surface area (Å²) in [5.41, 5.74) is 1.11. The Balaban J connectivity index is 1.64. The molecule has 0 aliphatic carbocycles. The van der Waals surface area contributed by atoms with Crippen LogP contribution in [0.4, 0.5) is 24.7 Å². The molecule has 1 aliphatic heterocycles. The van der Waals surface area contributed by atoms with Crippen LogP contribution in [0, 0.1) is 17.6 Å². The highest BCUT2D eigenvalue weighted by atomic mass is 35.5. The fourth-order valence-corrected chi connectivity index (χ4v) is 5.05. The largest absolute Gasteiger partial charge is 0.370 e. The molecule has 1 aliphatic rings. The maximum atomic E-state index is 15.0. The third-order valence-corrected chi connectivity index (χ3v) is 6.78. The van der Waals surface area contributed by atoms with Crippen LogP contribution >= 0.6 is 11.6 Å². The third-order valence-electron chi connectivity index (χ3n) is 5.03. The molecule has 0 saturated carbocycles. The van der Waals surface area contributed by atoms with Crippen molar-refractivity contribution < 1.29 is 21.6 Å². The Labute approximate surface area is 181 Å². The van der Waals surface area contributed by atoms with Crippen molar-refractivity contribution in [3.8, 4) is 0 Å². The van der Waals surface area contributed by atoms with E-state index in [4.69, 9.17) is 11.6 Å². The normalized spacial score (nSPS) is 16.5. The van der Waals surface area contributed by atoms with E-state index in [-0.39, 0.29) is 11.6 Å². The van der Waals surface area contributed by atoms with Crippen LogP contribution in [0.2, 0.25) is 5.02 Å². The lowest BCUT2D eigenvalue weighted by molar-refractivity contribution is 0.521. The van der Waals surface area contributed by atoms with Gasteiger partial charge >= 0.3 is 0 Å². The summed E-state index contributed by atoms with van der Waals surface area (Å²) in [5, 5.41) is -0.510. The Morgan fingerprint density at radius 1 is 1.13 bits per heavy atom. The average molecular weight is 469 g/mol. The summed E-state index contributed by atoms with van der Waals surface area (Å²) in [6, 6.07) is 8.00. The van der Waals surface area contributed by atoms with Gasteiger partial charge in [-0.3, -0.25) is 9.71 Å². The lowest BCUT2D eigenvalue weighted by Gasteiger charge is -2.22. The molecule has 3 aromatic rings. The lowest BCUT2D eigenvalue weighted by Crippen LogP contribution is -2.22. The minimum atomic E-state index is -4.75. The van der Waals surface area contributed by atoms with E-state index in [0.29, 0.717) is 13.1 Å². The van der Waals surface area contributed by atoms with Crippen molar-refractivity contribution in [2.24, 2.45) is 0 Å². The zero-order valence-corrected chi connectivity index (χ0v) is 17.5. The molecule has 1 saturated heterocycles. The molecule has 1 fully saturated rings. The number of nitrogens with one attached hydrogen (secondary N) is 1. The molecular weight excluding hydrogens is 453 g/mol. The summed E-state index contributed by atoms with van der Waals surface area (Å²) in [6.45, 7) is 0.948. The molecule has 0 radical (unpaired) electrons. The van der Waals surface area contributed by atoms with E-state index in [1.54, 1.807) is 17.3 Å². The van der Waals surface area contributed by atoms with Crippen LogP contribution in [0.15, 0.2) is 53.7 Å². The molecule has 0 spiro atoms. The number of hydrogen-bond acceptors (Lipinski definition) is 5. The van der Waals surface area contributed by atoms with Gasteiger partial charge in [0, 0.05) is 37.5 Å². The summed E-state index contributed by atoms with van der Waals surface area (Å²) in [7, 11) is -4.75. The van der Waals surface area contributed by atoms with Gasteiger partial charge in [-0.1, -0.05) is 17.7 Å². The molecule has 0 amide bonds. The van der Waals surface area contributed by atoms with E-state index >= 15 is 0 Å². The highest BCUT2D eigenvalue weighted by Crippen LogP contribution is 2.39. The summed E-state index contributed by atoms with van der Waals surface area (Å²) in [4.78, 5) is 7.77. The summed E-state index contributed by atoms with van der Waals surface area (Å²) < 4.78 is 69.9. The Kier molecular flexibility index (Phi) is 5.76. The molecule has 1 N–H and O–H groups in total. The number of anilines is 2. The zero-order valence-electron chi connectivity index (χ0n) is 15.9. The Bertz CT molecular complexity index is 1230. The first-order valence-corrected chi connectivity index (χ1v) is 11.1. The number of rotatable bonds is 5. The van der Waals surface area contributed by atoms with Crippen molar-refractivity contribution in [1.82, 2.24) is 9.97 Å². The van der Waals surface area contributed by atoms with Gasteiger partial charge in [0.25, 0.3) is 10.0 Å². The predicted molar refractivity (Wildman–Crippen MR) is 110 cm³/mol. The van der Waals surface area contributed by atoms with Gasteiger partial charge in [0.1, 0.15) is 16.7 Å². The minimum Gasteiger partial charge on any atom is -0.370 e. The van der Waals surface area contributed by atoms with Crippen LogP contribution in [-0.4, -0.2) is 31.5 Å². The zero-order chi connectivity index (χ0) is 22.2. The average Bonchev–Trinajstić information content (AvgIpc) is 3.21. The van der Waals surface area contributed by atoms with Crippen LogP contribution < -0.4 is 9.62 Å². The van der Waals surface area contributed by atoms with Crippen molar-refractivity contribution in [3.63, 3.8) is 0 Å². The summed E-state index contributed by atoms with van der Waals surface area (Å²) in [5.74, 6) is -3.98. The minimum absolute atomic E-state index is 0.0658. The van der Waals surface area contributed by atoms with Crippen LogP contribution in [0.1, 0.15) is 17.9 Å². The van der Waals surface area contributed by atoms with Gasteiger partial charge in [-0.05, 0) is 36.2 Å². The fraction of sp³-hybridized carbons (Fsp3) is 0.200. The standard InChI is InChI=1S/C20H16ClF3N4O2S/c21-18-15(28-9-6-13(11-28)12-4-7-25-8-5-12)10-14(22)20(19(18)24)31(29,30)27-17-3-1-2-16(23)26-17/h1-5,7-8,10,13H,6,9,11H2,(H,26,27). The smallest absolute Gasteiger partial charge is 0.268 e. The van der Waals surface area contributed by atoms with E-state index < -0.39 is 43.3 Å². The topological polar surface area (TPSA) is 75.2 Å². The van der Waals surface area contributed by atoms with Crippen molar-refractivity contribution in [2.75, 3.05) is 22.7 Å². The first-order valence-electron chi connectivity index (χ1n) is 9.24. The van der Waals surface area contributed by atoms with Gasteiger partial charge in [0.05, 0.1) is 5.69 Å². The monoisotopic (exact) mass is 468 g/mol. The fourth-order valence-electron chi connectivity index (χ4n) is 3.58. The molecule has 2 aromatic heterocycles. The molecule has 4 rings (SSSR count). The molecule has 6 nitrogen and oxygen atoms in total. The first-order chi connectivity index (χ1) is 14.8. The second-order valence-electron chi connectivity index (χ2n) is 7.00. The van der Waals surface area contributed by atoms with Crippen molar-refractivity contribution in [2.45, 2.75) is 17.2 Å². The number of hydrogen-bond donors (Lipinski definition) is 1. The second-order valence-corrected chi connectivity index (χ2v) is 9.00. The van der Waals surface area contributed by atoms with E-state index in [1.807, 2.05) is 16.9 Å². The Morgan fingerprint density at radius 3 is 2.58 bits per heavy atom. The van der Waals surface area contributed by atoms with Crippen molar-refractivity contribution in [1.29, 1.82) is 0 Å². The molecule has 0 bridgehead atoms. The third kappa shape index (κ3) is 4.31. The van der Waals surface area contributed by atoms with Crippen LogP contribution in [0.3, 0.4) is 0 Å². The van der Waals surface area contributed by atoms with E-state index in [2.05, 4.69) is 9.97 Å². The summed E-state index contributed by atoms with van der Waals surface area (Å²) in [6.07, 6.45) is 4.07. The maximum absolute atomic E-state index is 15.0. The number of halogens is 4. The SMILES string of the molecule is O=S(=O)(Nc1cccc(F)n1)c1c(F)cc(N2CCC(c3ccncc3)C2)c(Cl)c1F. The highest BCUT2D eigenvalue weighted by Gasteiger charge is 2.32. The number of aromatic nitrogens is 2. The first kappa shape index (κ1) is 21.4. The lowest BCUT2D eigenvalue weighted by atomic mass is 10.00. The van der Waals surface area contributed by atoms with Gasteiger partial charge < -0.3 is 4.90 Å². The van der Waals surface area contributed by atoms with Gasteiger partial charge in [0.2, 0.25) is 5.95 Å². The molecule has 1 aromatic carbocycles. The van der Waals surface area contributed by atoms with E-state index in [0.717, 1.165) is 30.2 Å². The van der Waals surface area contributed by atoms with Gasteiger partial charge in [-0.2, -0.15) is 4.39 Å². The van der Waals surface area contributed by atoms with Crippen molar-refractivity contribution in [3.05, 3.63) is 77.0 Å². The number of nitrogens with zero attached hydrogens (tertiary/aromatic N) is 3. The van der Waals surface area contributed by atoms with Crippen LogP contribution in [-0.2, 0) is 10.0 Å². The number of pyridine rings is 2. The number of benzene rings is 1. The second kappa shape index (κ2) is 8.35. The van der Waals surface area contributed by atoms with Crippen LogP contribution in [0.5, 0.6) is 0 Å². The van der Waals surface area contributed by atoms with Gasteiger partial charge in [-0.25, -0.2) is 22.2 Å². The number of sulfonamides is 1. The van der Waals surface area contributed by atoms with E-state index in [1.165, 1.54) is 6.07 Å². The maximum Gasteiger partial charge on any atom is 0.268 e. The quantitative estimate of drug-likeness (QED) is 0.445. The van der Waals surface area contributed by atoms with Gasteiger partial charge in [-0.15, -0.1) is 0 Å². The Morgan fingerprint density at radius 2 is 1.87 bits per heavy atom. The predicted octanol–water partition coefficient (Wildman–Crippen LogP) is 4.34. The molecule has 3 heterocycles. The van der Waals surface area contributed by atoms with E-state index in [9.17, 15) is 21.6 Å². The summed E-state index contributed by atoms with van der Waals surface area (Å²) >= 11 is 6.12. The molecule has 1 atom stereocenters. The molecular formula is C20H16ClF3N4O2S. The molecule has 1 unspecified atom stereocenters. The molecule has 162 valence electrons. The van der Waals surface area contributed by atoms with Crippen molar-refractivity contribution >= 4 is 33.1 Å². The van der Waals surface area contributed by atoms with Gasteiger partial charge in [0.15, 0.2) is 10.7 Å². The van der Waals surface area contributed by atoms with Crippen LogP contribution in [0.25, 0.3) is 0 Å². The highest BCUT2D eigenvalue weighted by molar-refractivity contribution is 7.92. The molecule has 11 heteroatoms. The Hall–Kier alpha value is -2.85. The molecule has 31 heavy (non-hydrogen) atoms.